The van der Waals surface area contributed by atoms with Gasteiger partial charge in [-0.2, -0.15) is 5.48 Å². The molecule has 0 aliphatic carbocycles. The minimum atomic E-state index is 0.0285. The second kappa shape index (κ2) is 6.00. The minimum absolute atomic E-state index is 0.0285. The first-order chi connectivity index (χ1) is 6.74. The zero-order chi connectivity index (χ0) is 10.4. The summed E-state index contributed by atoms with van der Waals surface area (Å²) in [5.74, 6) is 0. The molecule has 0 amide bonds. The summed E-state index contributed by atoms with van der Waals surface area (Å²) in [5, 5.41) is 0. The highest BCUT2D eigenvalue weighted by atomic mass is 32.2. The molecule has 4 nitrogen and oxygen atoms in total. The summed E-state index contributed by atoms with van der Waals surface area (Å²) >= 11 is 1.14. The number of nitrogens with one attached hydrogen (secondary N) is 1. The molecule has 5 heteroatoms. The van der Waals surface area contributed by atoms with Gasteiger partial charge in [-0.05, 0) is 24.6 Å². The van der Waals surface area contributed by atoms with Gasteiger partial charge in [0.25, 0.3) is 0 Å². The predicted molar refractivity (Wildman–Crippen MR) is 56.1 cm³/mol. The summed E-state index contributed by atoms with van der Waals surface area (Å²) in [6.45, 7) is 1.94. The molecular formula is C9H14N2O2S. The zero-order valence-electron chi connectivity index (χ0n) is 8.19. The van der Waals surface area contributed by atoms with Crippen molar-refractivity contribution in [1.82, 2.24) is 5.48 Å². The Balaban J connectivity index is 2.55. The molecule has 14 heavy (non-hydrogen) atoms. The first-order valence-corrected chi connectivity index (χ1v) is 5.00. The fourth-order valence-electron chi connectivity index (χ4n) is 0.940. The first kappa shape index (κ1) is 11.5. The van der Waals surface area contributed by atoms with Gasteiger partial charge in [-0.3, -0.25) is 0 Å². The van der Waals surface area contributed by atoms with Crippen molar-refractivity contribution >= 4 is 12.0 Å². The average Bonchev–Trinajstić information content (AvgIpc) is 2.19. The van der Waals surface area contributed by atoms with Crippen LogP contribution in [0.3, 0.4) is 0 Å². The Hall–Kier alpha value is -0.590. The summed E-state index contributed by atoms with van der Waals surface area (Å²) < 4.78 is 4.77. The van der Waals surface area contributed by atoms with Gasteiger partial charge in [0.05, 0.1) is 12.0 Å². The van der Waals surface area contributed by atoms with Gasteiger partial charge in [-0.1, -0.05) is 12.1 Å². The van der Waals surface area contributed by atoms with E-state index < -0.39 is 0 Å². The first-order valence-electron chi connectivity index (χ1n) is 4.26. The van der Waals surface area contributed by atoms with Crippen molar-refractivity contribution in [3.63, 3.8) is 0 Å². The highest BCUT2D eigenvalue weighted by Gasteiger charge is 2.01. The van der Waals surface area contributed by atoms with E-state index in [0.717, 1.165) is 22.5 Å². The average molecular weight is 214 g/mol. The molecule has 78 valence electrons. The molecule has 1 atom stereocenters. The third-order valence-corrected chi connectivity index (χ3v) is 2.21. The van der Waals surface area contributed by atoms with Crippen LogP contribution in [0.2, 0.25) is 0 Å². The van der Waals surface area contributed by atoms with E-state index in [1.807, 2.05) is 31.2 Å². The molecule has 0 heterocycles. The Morgan fingerprint density at radius 2 is 2.29 bits per heavy atom. The van der Waals surface area contributed by atoms with Crippen LogP contribution in [-0.4, -0.2) is 7.05 Å². The maximum Gasteiger partial charge on any atom is 0.0702 e. The van der Waals surface area contributed by atoms with Crippen LogP contribution >= 0.6 is 12.0 Å². The summed E-state index contributed by atoms with van der Waals surface area (Å²) in [4.78, 5) is 5.47. The standard InChI is InChI=1S/C9H14N2O2S/c1-7(10)8-4-3-5-9(6-8)14-13-12-11-2/h3-7,11H,10H2,1-2H3/t7-/m1/s1. The molecule has 0 aliphatic heterocycles. The number of hydroxylamine groups is 1. The van der Waals surface area contributed by atoms with Gasteiger partial charge in [0, 0.05) is 18.0 Å². The largest absolute Gasteiger partial charge is 0.324 e. The fraction of sp³-hybridized carbons (Fsp3) is 0.333. The van der Waals surface area contributed by atoms with E-state index in [9.17, 15) is 0 Å². The molecule has 0 aromatic heterocycles. The Morgan fingerprint density at radius 3 is 2.93 bits per heavy atom. The summed E-state index contributed by atoms with van der Waals surface area (Å²) in [6, 6.07) is 7.84. The van der Waals surface area contributed by atoms with E-state index in [-0.39, 0.29) is 6.04 Å². The second-order valence-electron chi connectivity index (χ2n) is 2.80. The van der Waals surface area contributed by atoms with Crippen LogP contribution in [0.1, 0.15) is 18.5 Å². The topological polar surface area (TPSA) is 56.5 Å². The number of benzene rings is 1. The zero-order valence-corrected chi connectivity index (χ0v) is 9.01. The third-order valence-electron chi connectivity index (χ3n) is 1.63. The lowest BCUT2D eigenvalue weighted by molar-refractivity contribution is -0.237. The fourth-order valence-corrected chi connectivity index (χ4v) is 1.44. The number of rotatable bonds is 5. The van der Waals surface area contributed by atoms with Gasteiger partial charge in [0.2, 0.25) is 0 Å². The molecule has 0 radical (unpaired) electrons. The number of hydrogen-bond donors (Lipinski definition) is 2. The minimum Gasteiger partial charge on any atom is -0.324 e. The third kappa shape index (κ3) is 3.65. The van der Waals surface area contributed by atoms with Crippen molar-refractivity contribution in [2.75, 3.05) is 7.05 Å². The van der Waals surface area contributed by atoms with Crippen molar-refractivity contribution in [2.45, 2.75) is 17.9 Å². The van der Waals surface area contributed by atoms with Gasteiger partial charge in [-0.15, -0.1) is 9.32 Å². The van der Waals surface area contributed by atoms with Crippen molar-refractivity contribution in [3.8, 4) is 0 Å². The molecule has 3 N–H and O–H groups in total. The van der Waals surface area contributed by atoms with Gasteiger partial charge in [0.15, 0.2) is 0 Å². The van der Waals surface area contributed by atoms with Crippen LogP contribution in [0.25, 0.3) is 0 Å². The Morgan fingerprint density at radius 1 is 1.50 bits per heavy atom. The van der Waals surface area contributed by atoms with Gasteiger partial charge < -0.3 is 5.73 Å². The lowest BCUT2D eigenvalue weighted by Crippen LogP contribution is -2.05. The van der Waals surface area contributed by atoms with Crippen molar-refractivity contribution < 1.29 is 9.32 Å². The Kier molecular flexibility index (Phi) is 4.92. The molecule has 0 bridgehead atoms. The van der Waals surface area contributed by atoms with E-state index >= 15 is 0 Å². The van der Waals surface area contributed by atoms with Crippen molar-refractivity contribution in [2.24, 2.45) is 5.73 Å². The molecular weight excluding hydrogens is 200 g/mol. The molecule has 1 rings (SSSR count). The quantitative estimate of drug-likeness (QED) is 0.339. The summed E-state index contributed by atoms with van der Waals surface area (Å²) in [6.07, 6.45) is 0. The van der Waals surface area contributed by atoms with Crippen molar-refractivity contribution in [3.05, 3.63) is 29.8 Å². The lowest BCUT2D eigenvalue weighted by atomic mass is 10.1. The molecule has 0 unspecified atom stereocenters. The van der Waals surface area contributed by atoms with Crippen molar-refractivity contribution in [1.29, 1.82) is 0 Å². The maximum atomic E-state index is 5.74. The van der Waals surface area contributed by atoms with E-state index in [1.54, 1.807) is 7.05 Å². The molecule has 0 saturated carbocycles. The smallest absolute Gasteiger partial charge is 0.0702 e. The van der Waals surface area contributed by atoms with Gasteiger partial charge in [0.1, 0.15) is 0 Å². The summed E-state index contributed by atoms with van der Waals surface area (Å²) in [5.41, 5.74) is 9.22. The molecule has 1 aromatic carbocycles. The molecule has 0 saturated heterocycles. The van der Waals surface area contributed by atoms with Gasteiger partial charge >= 0.3 is 0 Å². The summed E-state index contributed by atoms with van der Waals surface area (Å²) in [7, 11) is 1.62. The number of nitrogens with two attached hydrogens (primary N) is 1. The normalized spacial score (nSPS) is 12.8. The highest BCUT2D eigenvalue weighted by molar-refractivity contribution is 7.94. The predicted octanol–water partition coefficient (Wildman–Crippen LogP) is 1.80. The molecule has 0 fully saturated rings. The Labute approximate surface area is 87.9 Å². The molecule has 1 aromatic rings. The van der Waals surface area contributed by atoms with Crippen LogP contribution in [0.4, 0.5) is 0 Å². The monoisotopic (exact) mass is 214 g/mol. The van der Waals surface area contributed by atoms with Crippen LogP contribution < -0.4 is 11.2 Å². The van der Waals surface area contributed by atoms with Crippen LogP contribution in [0.5, 0.6) is 0 Å². The van der Waals surface area contributed by atoms with E-state index in [2.05, 4.69) is 10.5 Å². The van der Waals surface area contributed by atoms with Crippen LogP contribution in [0, 0.1) is 0 Å². The van der Waals surface area contributed by atoms with Gasteiger partial charge in [-0.25, -0.2) is 0 Å². The SMILES string of the molecule is CNOOSc1cccc([C@@H](C)N)c1. The highest BCUT2D eigenvalue weighted by Crippen LogP contribution is 2.22. The van der Waals surface area contributed by atoms with Crippen LogP contribution in [-0.2, 0) is 9.32 Å². The molecule has 0 aliphatic rings. The van der Waals surface area contributed by atoms with E-state index in [0.29, 0.717) is 0 Å². The Bertz CT molecular complexity index is 281. The maximum absolute atomic E-state index is 5.74. The second-order valence-corrected chi connectivity index (χ2v) is 3.57. The van der Waals surface area contributed by atoms with E-state index in [4.69, 9.17) is 10.1 Å². The molecule has 0 spiro atoms. The lowest BCUT2D eigenvalue weighted by Gasteiger charge is -2.06. The van der Waals surface area contributed by atoms with Crippen LogP contribution in [0.15, 0.2) is 29.2 Å². The number of hydrogen-bond acceptors (Lipinski definition) is 5. The van der Waals surface area contributed by atoms with E-state index in [1.165, 1.54) is 0 Å².